The molecule has 0 bridgehead atoms. The number of carbonyl (C=O) groups excluding carboxylic acids is 1. The van der Waals surface area contributed by atoms with Gasteiger partial charge in [0.1, 0.15) is 6.29 Å². The van der Waals surface area contributed by atoms with Gasteiger partial charge in [0.2, 0.25) is 0 Å². The first-order valence-electron chi connectivity index (χ1n) is 7.05. The SMILES string of the molecule is C=Cc1ccc(C(CC=O)O[Si](C)(C)C(C)(C)C)cc1. The van der Waals surface area contributed by atoms with E-state index in [1.807, 2.05) is 30.3 Å². The van der Waals surface area contributed by atoms with Crippen molar-refractivity contribution in [1.29, 1.82) is 0 Å². The molecule has 0 spiro atoms. The van der Waals surface area contributed by atoms with Crippen molar-refractivity contribution in [3.63, 3.8) is 0 Å². The molecule has 1 aromatic carbocycles. The summed E-state index contributed by atoms with van der Waals surface area (Å²) in [4.78, 5) is 11.0. The minimum atomic E-state index is -1.89. The fraction of sp³-hybridized carbons (Fsp3) is 0.471. The van der Waals surface area contributed by atoms with Gasteiger partial charge in [-0.3, -0.25) is 0 Å². The second-order valence-electron chi connectivity index (χ2n) is 6.64. The van der Waals surface area contributed by atoms with Crippen LogP contribution in [0.15, 0.2) is 30.8 Å². The summed E-state index contributed by atoms with van der Waals surface area (Å²) in [5.41, 5.74) is 2.14. The smallest absolute Gasteiger partial charge is 0.192 e. The molecule has 1 unspecified atom stereocenters. The molecule has 0 saturated carbocycles. The van der Waals surface area contributed by atoms with Crippen molar-refractivity contribution in [1.82, 2.24) is 0 Å². The maximum Gasteiger partial charge on any atom is 0.192 e. The molecule has 110 valence electrons. The Kier molecular flexibility index (Phi) is 5.48. The Morgan fingerprint density at radius 2 is 1.80 bits per heavy atom. The third-order valence-corrected chi connectivity index (χ3v) is 8.58. The van der Waals surface area contributed by atoms with Crippen LogP contribution >= 0.6 is 0 Å². The summed E-state index contributed by atoms with van der Waals surface area (Å²) in [7, 11) is -1.89. The highest BCUT2D eigenvalue weighted by atomic mass is 28.4. The van der Waals surface area contributed by atoms with Crippen LogP contribution in [0, 0.1) is 0 Å². The molecule has 20 heavy (non-hydrogen) atoms. The highest BCUT2D eigenvalue weighted by Gasteiger charge is 2.39. The highest BCUT2D eigenvalue weighted by molar-refractivity contribution is 6.74. The van der Waals surface area contributed by atoms with E-state index in [0.717, 1.165) is 17.4 Å². The van der Waals surface area contributed by atoms with Crippen molar-refractivity contribution < 1.29 is 9.22 Å². The summed E-state index contributed by atoms with van der Waals surface area (Å²) in [5.74, 6) is 0. The van der Waals surface area contributed by atoms with Crippen LogP contribution in [0.4, 0.5) is 0 Å². The third kappa shape index (κ3) is 4.15. The second-order valence-corrected chi connectivity index (χ2v) is 11.4. The van der Waals surface area contributed by atoms with Gasteiger partial charge in [-0.2, -0.15) is 0 Å². The van der Waals surface area contributed by atoms with E-state index in [1.165, 1.54) is 0 Å². The first-order valence-corrected chi connectivity index (χ1v) is 9.96. The molecule has 0 aromatic heterocycles. The molecule has 0 heterocycles. The van der Waals surface area contributed by atoms with Gasteiger partial charge in [-0.15, -0.1) is 0 Å². The molecule has 0 aliphatic carbocycles. The lowest BCUT2D eigenvalue weighted by Crippen LogP contribution is -2.41. The average Bonchev–Trinajstić information content (AvgIpc) is 2.37. The Hall–Kier alpha value is -1.19. The first-order chi connectivity index (χ1) is 9.21. The molecule has 0 aliphatic heterocycles. The minimum absolute atomic E-state index is 0.134. The lowest BCUT2D eigenvalue weighted by molar-refractivity contribution is -0.109. The quantitative estimate of drug-likeness (QED) is 0.545. The molecule has 0 fully saturated rings. The minimum Gasteiger partial charge on any atom is -0.410 e. The molecular weight excluding hydrogens is 264 g/mol. The van der Waals surface area contributed by atoms with Crippen molar-refractivity contribution in [2.24, 2.45) is 0 Å². The van der Waals surface area contributed by atoms with E-state index < -0.39 is 8.32 Å². The third-order valence-electron chi connectivity index (χ3n) is 4.10. The van der Waals surface area contributed by atoms with Crippen LogP contribution in [0.5, 0.6) is 0 Å². The predicted molar refractivity (Wildman–Crippen MR) is 88.2 cm³/mol. The van der Waals surface area contributed by atoms with Gasteiger partial charge < -0.3 is 9.22 Å². The average molecular weight is 290 g/mol. The Morgan fingerprint density at radius 3 is 2.20 bits per heavy atom. The van der Waals surface area contributed by atoms with Crippen LogP contribution in [-0.4, -0.2) is 14.6 Å². The van der Waals surface area contributed by atoms with Gasteiger partial charge >= 0.3 is 0 Å². The van der Waals surface area contributed by atoms with Gasteiger partial charge in [0.15, 0.2) is 8.32 Å². The van der Waals surface area contributed by atoms with E-state index in [9.17, 15) is 4.79 Å². The molecule has 2 nitrogen and oxygen atoms in total. The maximum atomic E-state index is 11.0. The second kappa shape index (κ2) is 6.51. The van der Waals surface area contributed by atoms with Crippen LogP contribution in [0.2, 0.25) is 18.1 Å². The van der Waals surface area contributed by atoms with Gasteiger partial charge in [0, 0.05) is 6.42 Å². The largest absolute Gasteiger partial charge is 0.410 e. The van der Waals surface area contributed by atoms with E-state index in [2.05, 4.69) is 40.4 Å². The van der Waals surface area contributed by atoms with E-state index >= 15 is 0 Å². The van der Waals surface area contributed by atoms with Crippen molar-refractivity contribution in [3.8, 4) is 0 Å². The Bertz CT molecular complexity index is 455. The summed E-state index contributed by atoms with van der Waals surface area (Å²) < 4.78 is 6.38. The molecule has 0 saturated heterocycles. The van der Waals surface area contributed by atoms with Crippen LogP contribution in [0.1, 0.15) is 44.4 Å². The number of benzene rings is 1. The summed E-state index contributed by atoms with van der Waals surface area (Å²) in [6, 6.07) is 8.07. The predicted octanol–water partition coefficient (Wildman–Crippen LogP) is 4.98. The monoisotopic (exact) mass is 290 g/mol. The van der Waals surface area contributed by atoms with Gasteiger partial charge in [-0.1, -0.05) is 57.7 Å². The van der Waals surface area contributed by atoms with Gasteiger partial charge in [-0.25, -0.2) is 0 Å². The lowest BCUT2D eigenvalue weighted by atomic mass is 10.1. The van der Waals surface area contributed by atoms with Crippen LogP contribution < -0.4 is 0 Å². The molecule has 1 aromatic rings. The fourth-order valence-electron chi connectivity index (χ4n) is 1.72. The molecule has 3 heteroatoms. The van der Waals surface area contributed by atoms with Crippen LogP contribution in [-0.2, 0) is 9.22 Å². The normalized spacial score (nSPS) is 13.8. The molecular formula is C17H26O2Si. The molecule has 0 aliphatic rings. The molecule has 0 N–H and O–H groups in total. The van der Waals surface area contributed by atoms with Gasteiger partial charge in [0.25, 0.3) is 0 Å². The number of carbonyl (C=O) groups is 1. The first kappa shape index (κ1) is 16.9. The highest BCUT2D eigenvalue weighted by Crippen LogP contribution is 2.40. The number of rotatable bonds is 6. The van der Waals surface area contributed by atoms with E-state index in [1.54, 1.807) is 0 Å². The maximum absolute atomic E-state index is 11.0. The Balaban J connectivity index is 2.99. The summed E-state index contributed by atoms with van der Waals surface area (Å²) in [5, 5.41) is 0.134. The van der Waals surface area contributed by atoms with Crippen molar-refractivity contribution in [3.05, 3.63) is 42.0 Å². The van der Waals surface area contributed by atoms with Crippen molar-refractivity contribution >= 4 is 20.7 Å². The summed E-state index contributed by atoms with van der Waals surface area (Å²) >= 11 is 0. The molecule has 0 radical (unpaired) electrons. The van der Waals surface area contributed by atoms with Crippen LogP contribution in [0.25, 0.3) is 6.08 Å². The fourth-order valence-corrected chi connectivity index (χ4v) is 3.02. The molecule has 1 rings (SSSR count). The number of hydrogen-bond acceptors (Lipinski definition) is 2. The lowest BCUT2D eigenvalue weighted by Gasteiger charge is -2.39. The van der Waals surface area contributed by atoms with E-state index in [-0.39, 0.29) is 11.1 Å². The zero-order valence-corrected chi connectivity index (χ0v) is 14.3. The Labute approximate surface area is 124 Å². The van der Waals surface area contributed by atoms with Crippen molar-refractivity contribution in [2.75, 3.05) is 0 Å². The standard InChI is InChI=1S/C17H26O2Si/c1-7-14-8-10-15(11-9-14)16(12-13-18)19-20(5,6)17(2,3)4/h7-11,13,16H,1,12H2,2-6H3. The number of hydrogen-bond donors (Lipinski definition) is 0. The van der Waals surface area contributed by atoms with Gasteiger partial charge in [-0.05, 0) is 29.3 Å². The van der Waals surface area contributed by atoms with Crippen LogP contribution in [0.3, 0.4) is 0 Å². The molecule has 1 atom stereocenters. The topological polar surface area (TPSA) is 26.3 Å². The molecule has 0 amide bonds. The summed E-state index contributed by atoms with van der Waals surface area (Å²) in [6.07, 6.45) is 3.01. The number of aldehydes is 1. The summed E-state index contributed by atoms with van der Waals surface area (Å²) in [6.45, 7) is 14.8. The van der Waals surface area contributed by atoms with Crippen molar-refractivity contribution in [2.45, 2.75) is 51.4 Å². The zero-order valence-electron chi connectivity index (χ0n) is 13.3. The van der Waals surface area contributed by atoms with E-state index in [4.69, 9.17) is 4.43 Å². The van der Waals surface area contributed by atoms with E-state index in [0.29, 0.717) is 6.42 Å². The van der Waals surface area contributed by atoms with Gasteiger partial charge in [0.05, 0.1) is 6.10 Å². The zero-order chi connectivity index (χ0) is 15.4. The Morgan fingerprint density at radius 1 is 1.25 bits per heavy atom.